The Morgan fingerprint density at radius 1 is 1.09 bits per heavy atom. The van der Waals surface area contributed by atoms with Crippen LogP contribution in [0.3, 0.4) is 0 Å². The van der Waals surface area contributed by atoms with E-state index in [0.29, 0.717) is 16.4 Å². The molecule has 0 atom stereocenters. The van der Waals surface area contributed by atoms with Crippen molar-refractivity contribution in [3.8, 4) is 17.3 Å². The summed E-state index contributed by atoms with van der Waals surface area (Å²) in [6.45, 7) is 4.80. The molecule has 0 N–H and O–H groups in total. The Balaban J connectivity index is 0.00000156. The minimum absolute atomic E-state index is 0. The van der Waals surface area contributed by atoms with Gasteiger partial charge in [0.1, 0.15) is 6.07 Å². The summed E-state index contributed by atoms with van der Waals surface area (Å²) >= 11 is 0. The van der Waals surface area contributed by atoms with Crippen LogP contribution >= 0.6 is 0 Å². The fourth-order valence-electron chi connectivity index (χ4n) is 4.15. The quantitative estimate of drug-likeness (QED) is 0.564. The van der Waals surface area contributed by atoms with Gasteiger partial charge in [0.05, 0.1) is 5.56 Å². The Morgan fingerprint density at radius 3 is 2.30 bits per heavy atom. The Kier molecular flexibility index (Phi) is 3.95. The van der Waals surface area contributed by atoms with Gasteiger partial charge in [0.25, 0.3) is 0 Å². The van der Waals surface area contributed by atoms with Crippen LogP contribution in [0.25, 0.3) is 11.3 Å². The van der Waals surface area contributed by atoms with Gasteiger partial charge in [0, 0.05) is 26.3 Å². The first kappa shape index (κ1) is 16.4. The number of aromatic nitrogens is 1. The molecule has 0 saturated heterocycles. The number of pyridine rings is 1. The SMILES string of the molecule is CC12CCC(C)(CC1)c1cc(-c3ccc(C#N)cn3)[c-]cc12.[Ir]. The van der Waals surface area contributed by atoms with Crippen LogP contribution in [0.4, 0.5) is 0 Å². The first-order chi connectivity index (χ1) is 10.5. The van der Waals surface area contributed by atoms with Crippen LogP contribution < -0.4 is 0 Å². The van der Waals surface area contributed by atoms with Gasteiger partial charge in [-0.05, 0) is 35.4 Å². The molecule has 1 heterocycles. The molecule has 0 unspecified atom stereocenters. The Hall–Kier alpha value is -1.49. The molecule has 1 aromatic heterocycles. The van der Waals surface area contributed by atoms with Crippen LogP contribution in [0.5, 0.6) is 0 Å². The largest absolute Gasteiger partial charge is 0.303 e. The second-order valence-electron chi connectivity index (χ2n) is 7.34. The molecule has 1 radical (unpaired) electrons. The summed E-state index contributed by atoms with van der Waals surface area (Å²) in [5.74, 6) is 0. The molecule has 119 valence electrons. The van der Waals surface area contributed by atoms with E-state index < -0.39 is 0 Å². The summed E-state index contributed by atoms with van der Waals surface area (Å²) in [6.07, 6.45) is 6.77. The van der Waals surface area contributed by atoms with Gasteiger partial charge >= 0.3 is 0 Å². The predicted molar refractivity (Wildman–Crippen MR) is 86.4 cm³/mol. The molecular weight excluding hydrogens is 460 g/mol. The number of hydrogen-bond donors (Lipinski definition) is 0. The standard InChI is InChI=1S/C20H19N2.Ir/c1-19-7-9-20(2,10-8-19)17-11-15(4-5-16(17)19)18-6-3-14(12-21)13-22-18;/h3,5-6,11,13H,7-10H2,1-2H3;/q-1;. The van der Waals surface area contributed by atoms with E-state index in [1.165, 1.54) is 36.8 Å². The number of nitrogens with zero attached hydrogens (tertiary/aromatic N) is 2. The molecule has 2 nitrogen and oxygen atoms in total. The molecule has 5 rings (SSSR count). The van der Waals surface area contributed by atoms with Gasteiger partial charge in [-0.1, -0.05) is 32.8 Å². The summed E-state index contributed by atoms with van der Waals surface area (Å²) in [4.78, 5) is 4.42. The zero-order chi connectivity index (χ0) is 15.4. The van der Waals surface area contributed by atoms with E-state index >= 15 is 0 Å². The topological polar surface area (TPSA) is 36.7 Å². The van der Waals surface area contributed by atoms with Crippen molar-refractivity contribution in [1.29, 1.82) is 5.26 Å². The second-order valence-corrected chi connectivity index (χ2v) is 7.34. The minimum Gasteiger partial charge on any atom is -0.303 e. The van der Waals surface area contributed by atoms with E-state index in [4.69, 9.17) is 5.26 Å². The van der Waals surface area contributed by atoms with E-state index in [1.54, 1.807) is 6.20 Å². The maximum Gasteiger partial charge on any atom is 0.101 e. The van der Waals surface area contributed by atoms with E-state index in [-0.39, 0.29) is 20.1 Å². The summed E-state index contributed by atoms with van der Waals surface area (Å²) in [6, 6.07) is 13.8. The van der Waals surface area contributed by atoms with Crippen molar-refractivity contribution >= 4 is 0 Å². The van der Waals surface area contributed by atoms with Crippen LogP contribution in [-0.4, -0.2) is 4.98 Å². The molecule has 0 aliphatic heterocycles. The molecular formula is C20H19IrN2-. The van der Waals surface area contributed by atoms with Gasteiger partial charge in [-0.2, -0.15) is 5.26 Å². The van der Waals surface area contributed by atoms with Gasteiger partial charge < -0.3 is 4.98 Å². The zero-order valence-electron chi connectivity index (χ0n) is 13.4. The van der Waals surface area contributed by atoms with Gasteiger partial charge in [-0.15, -0.1) is 34.9 Å². The van der Waals surface area contributed by atoms with Crippen molar-refractivity contribution in [1.82, 2.24) is 4.98 Å². The van der Waals surface area contributed by atoms with Gasteiger partial charge in [-0.3, -0.25) is 0 Å². The number of fused-ring (bicyclic) bond motifs is 2. The molecule has 3 heteroatoms. The third kappa shape index (κ3) is 2.45. The Morgan fingerprint density at radius 2 is 1.74 bits per heavy atom. The summed E-state index contributed by atoms with van der Waals surface area (Å²) in [7, 11) is 0. The molecule has 2 bridgehead atoms. The Bertz CT molecular complexity index is 778. The number of benzene rings is 1. The first-order valence-corrected chi connectivity index (χ1v) is 7.97. The number of rotatable bonds is 1. The summed E-state index contributed by atoms with van der Waals surface area (Å²) in [5.41, 5.74) is 6.17. The molecule has 3 aliphatic carbocycles. The predicted octanol–water partition coefficient (Wildman–Crippen LogP) is 4.52. The van der Waals surface area contributed by atoms with Gasteiger partial charge in [0.2, 0.25) is 0 Å². The van der Waals surface area contributed by atoms with E-state index in [9.17, 15) is 0 Å². The van der Waals surface area contributed by atoms with E-state index in [0.717, 1.165) is 11.3 Å². The van der Waals surface area contributed by atoms with Crippen LogP contribution in [0.2, 0.25) is 0 Å². The third-order valence-electron chi connectivity index (χ3n) is 5.88. The molecule has 23 heavy (non-hydrogen) atoms. The minimum atomic E-state index is 0. The van der Waals surface area contributed by atoms with E-state index in [1.807, 2.05) is 12.1 Å². The fraction of sp³-hybridized carbons (Fsp3) is 0.400. The second kappa shape index (κ2) is 5.55. The van der Waals surface area contributed by atoms with E-state index in [2.05, 4.69) is 43.1 Å². The van der Waals surface area contributed by atoms with Crippen molar-refractivity contribution in [2.45, 2.75) is 50.4 Å². The molecule has 2 aromatic rings. The average molecular weight is 480 g/mol. The summed E-state index contributed by atoms with van der Waals surface area (Å²) < 4.78 is 0. The molecule has 0 amide bonds. The van der Waals surface area contributed by atoms with Gasteiger partial charge in [0.15, 0.2) is 0 Å². The summed E-state index contributed by atoms with van der Waals surface area (Å²) in [5, 5.41) is 8.89. The first-order valence-electron chi connectivity index (χ1n) is 7.97. The fourth-order valence-corrected chi connectivity index (χ4v) is 4.15. The number of nitriles is 1. The van der Waals surface area contributed by atoms with Gasteiger partial charge in [-0.25, -0.2) is 0 Å². The molecule has 3 aliphatic rings. The maximum absolute atomic E-state index is 8.89. The van der Waals surface area contributed by atoms with Crippen molar-refractivity contribution in [2.24, 2.45) is 0 Å². The van der Waals surface area contributed by atoms with Crippen molar-refractivity contribution in [3.63, 3.8) is 0 Å². The smallest absolute Gasteiger partial charge is 0.101 e. The monoisotopic (exact) mass is 480 g/mol. The Labute approximate surface area is 151 Å². The molecule has 1 aromatic carbocycles. The molecule has 1 saturated carbocycles. The van der Waals surface area contributed by atoms with Crippen LogP contribution in [0.1, 0.15) is 56.2 Å². The normalized spacial score (nSPS) is 27.7. The zero-order valence-corrected chi connectivity index (χ0v) is 15.8. The van der Waals surface area contributed by atoms with Crippen molar-refractivity contribution in [3.05, 3.63) is 53.2 Å². The van der Waals surface area contributed by atoms with Crippen molar-refractivity contribution < 1.29 is 20.1 Å². The third-order valence-corrected chi connectivity index (χ3v) is 5.88. The average Bonchev–Trinajstić information content (AvgIpc) is 2.57. The van der Waals surface area contributed by atoms with Crippen LogP contribution in [0.15, 0.2) is 30.5 Å². The molecule has 1 fully saturated rings. The maximum atomic E-state index is 8.89. The molecule has 0 spiro atoms. The van der Waals surface area contributed by atoms with Crippen LogP contribution in [-0.2, 0) is 30.9 Å². The number of hydrogen-bond acceptors (Lipinski definition) is 2. The van der Waals surface area contributed by atoms with Crippen LogP contribution in [0, 0.1) is 17.4 Å². The van der Waals surface area contributed by atoms with Crippen molar-refractivity contribution in [2.75, 3.05) is 0 Å².